The molecule has 0 bridgehead atoms. The molecule has 1 rings (SSSR count). The van der Waals surface area contributed by atoms with Crippen LogP contribution in [0.3, 0.4) is 0 Å². The largest absolute Gasteiger partial charge is 0.468 e. The Balaban J connectivity index is 2.78. The number of rotatable bonds is 4. The fraction of sp³-hybridized carbons (Fsp3) is 0.500. The number of amides is 1. The molecular weight excluding hydrogens is 212 g/mol. The molecule has 1 aromatic heterocycles. The maximum atomic E-state index is 11.9. The number of hydrogen-bond acceptors (Lipinski definition) is 5. The minimum absolute atomic E-state index is 0.103. The van der Waals surface area contributed by atoms with Crippen molar-refractivity contribution in [2.24, 2.45) is 0 Å². The highest BCUT2D eigenvalue weighted by atomic mass is 16.5. The summed E-state index contributed by atoms with van der Waals surface area (Å²) in [4.78, 5) is 24.4. The van der Waals surface area contributed by atoms with Gasteiger partial charge in [0.15, 0.2) is 0 Å². The second kappa shape index (κ2) is 5.29. The number of nitrogens with zero attached hydrogens (tertiary/aromatic N) is 2. The van der Waals surface area contributed by atoms with Gasteiger partial charge in [0.2, 0.25) is 5.76 Å². The molecule has 0 aromatic carbocycles. The van der Waals surface area contributed by atoms with E-state index in [1.807, 2.05) is 0 Å². The molecule has 88 valence electrons. The van der Waals surface area contributed by atoms with Crippen LogP contribution in [0.1, 0.15) is 24.4 Å². The standard InChI is InChI=1S/C10H14N2O4/c1-7(2)12(6-9(13)15-3)10(14)8-4-5-11-16-8/h4-5,7H,6H2,1-3H3. The third-order valence-corrected chi connectivity index (χ3v) is 2.06. The lowest BCUT2D eigenvalue weighted by molar-refractivity contribution is -0.141. The summed E-state index contributed by atoms with van der Waals surface area (Å²) in [6.45, 7) is 3.50. The van der Waals surface area contributed by atoms with Crippen LogP contribution in [0.15, 0.2) is 16.8 Å². The molecular formula is C10H14N2O4. The molecule has 6 nitrogen and oxygen atoms in total. The van der Waals surface area contributed by atoms with Gasteiger partial charge in [0.25, 0.3) is 5.91 Å². The SMILES string of the molecule is COC(=O)CN(C(=O)c1ccno1)C(C)C. The van der Waals surface area contributed by atoms with E-state index in [1.165, 1.54) is 24.3 Å². The Morgan fingerprint density at radius 2 is 2.25 bits per heavy atom. The molecule has 0 saturated carbocycles. The van der Waals surface area contributed by atoms with Crippen LogP contribution in [0.25, 0.3) is 0 Å². The Hall–Kier alpha value is -1.85. The molecule has 0 spiro atoms. The monoisotopic (exact) mass is 226 g/mol. The van der Waals surface area contributed by atoms with Gasteiger partial charge in [0.05, 0.1) is 13.3 Å². The maximum Gasteiger partial charge on any atom is 0.325 e. The predicted octanol–water partition coefficient (Wildman–Crippen LogP) is 0.698. The number of carbonyl (C=O) groups is 2. The van der Waals surface area contributed by atoms with Crippen LogP contribution in [0.2, 0.25) is 0 Å². The number of methoxy groups -OCH3 is 1. The van der Waals surface area contributed by atoms with Gasteiger partial charge in [0.1, 0.15) is 6.54 Å². The topological polar surface area (TPSA) is 72.6 Å². The summed E-state index contributed by atoms with van der Waals surface area (Å²) in [6.07, 6.45) is 1.38. The first kappa shape index (κ1) is 12.2. The van der Waals surface area contributed by atoms with Crippen molar-refractivity contribution in [2.45, 2.75) is 19.9 Å². The van der Waals surface area contributed by atoms with E-state index in [9.17, 15) is 9.59 Å². The molecule has 0 N–H and O–H groups in total. The average Bonchev–Trinajstić information content (AvgIpc) is 2.77. The Morgan fingerprint density at radius 1 is 1.56 bits per heavy atom. The number of carbonyl (C=O) groups excluding carboxylic acids is 2. The van der Waals surface area contributed by atoms with Crippen molar-refractivity contribution in [3.63, 3.8) is 0 Å². The van der Waals surface area contributed by atoms with Crippen molar-refractivity contribution in [1.82, 2.24) is 10.1 Å². The van der Waals surface area contributed by atoms with Gasteiger partial charge in [-0.25, -0.2) is 0 Å². The molecule has 0 aliphatic carbocycles. The van der Waals surface area contributed by atoms with E-state index in [1.54, 1.807) is 13.8 Å². The lowest BCUT2D eigenvalue weighted by Gasteiger charge is -2.23. The van der Waals surface area contributed by atoms with Crippen molar-refractivity contribution >= 4 is 11.9 Å². The molecule has 16 heavy (non-hydrogen) atoms. The third kappa shape index (κ3) is 2.82. The lowest BCUT2D eigenvalue weighted by Crippen LogP contribution is -2.40. The van der Waals surface area contributed by atoms with Gasteiger partial charge in [-0.3, -0.25) is 9.59 Å². The predicted molar refractivity (Wildman–Crippen MR) is 54.7 cm³/mol. The minimum Gasteiger partial charge on any atom is -0.468 e. The molecule has 1 aromatic rings. The van der Waals surface area contributed by atoms with E-state index >= 15 is 0 Å². The lowest BCUT2D eigenvalue weighted by atomic mass is 10.3. The Bertz CT molecular complexity index is 359. The molecule has 1 amide bonds. The van der Waals surface area contributed by atoms with E-state index in [0.29, 0.717) is 0 Å². The molecule has 0 fully saturated rings. The van der Waals surface area contributed by atoms with Crippen LogP contribution in [-0.4, -0.2) is 41.6 Å². The van der Waals surface area contributed by atoms with Crippen LogP contribution < -0.4 is 0 Å². The summed E-state index contributed by atoms with van der Waals surface area (Å²) in [5.74, 6) is -0.739. The second-order valence-corrected chi connectivity index (χ2v) is 3.48. The molecule has 0 radical (unpaired) electrons. The first-order chi connectivity index (χ1) is 7.56. The van der Waals surface area contributed by atoms with Crippen molar-refractivity contribution < 1.29 is 18.8 Å². The first-order valence-corrected chi connectivity index (χ1v) is 4.84. The van der Waals surface area contributed by atoms with Crippen molar-refractivity contribution in [2.75, 3.05) is 13.7 Å². The van der Waals surface area contributed by atoms with Gasteiger partial charge in [-0.05, 0) is 13.8 Å². The average molecular weight is 226 g/mol. The third-order valence-electron chi connectivity index (χ3n) is 2.06. The quantitative estimate of drug-likeness (QED) is 0.706. The van der Waals surface area contributed by atoms with Crippen LogP contribution in [0, 0.1) is 0 Å². The molecule has 6 heteroatoms. The molecule has 0 saturated heterocycles. The van der Waals surface area contributed by atoms with Crippen LogP contribution in [0.5, 0.6) is 0 Å². The summed E-state index contributed by atoms with van der Waals surface area (Å²) >= 11 is 0. The van der Waals surface area contributed by atoms with Crippen molar-refractivity contribution in [1.29, 1.82) is 0 Å². The minimum atomic E-state index is -0.471. The van der Waals surface area contributed by atoms with Crippen LogP contribution in [-0.2, 0) is 9.53 Å². The van der Waals surface area contributed by atoms with E-state index in [0.717, 1.165) is 0 Å². The van der Waals surface area contributed by atoms with Gasteiger partial charge in [-0.2, -0.15) is 0 Å². The zero-order valence-corrected chi connectivity index (χ0v) is 9.47. The summed E-state index contributed by atoms with van der Waals surface area (Å²) in [6, 6.07) is 1.33. The summed E-state index contributed by atoms with van der Waals surface area (Å²) in [7, 11) is 1.28. The zero-order chi connectivity index (χ0) is 12.1. The zero-order valence-electron chi connectivity index (χ0n) is 9.47. The highest BCUT2D eigenvalue weighted by Crippen LogP contribution is 2.07. The first-order valence-electron chi connectivity index (χ1n) is 4.84. The van der Waals surface area contributed by atoms with E-state index in [2.05, 4.69) is 9.89 Å². The molecule has 0 atom stereocenters. The summed E-state index contributed by atoms with van der Waals surface area (Å²) < 4.78 is 9.27. The normalized spacial score (nSPS) is 10.2. The molecule has 0 unspecified atom stereocenters. The highest BCUT2D eigenvalue weighted by molar-refractivity contribution is 5.93. The summed E-state index contributed by atoms with van der Waals surface area (Å²) in [5.41, 5.74) is 0. The summed E-state index contributed by atoms with van der Waals surface area (Å²) in [5, 5.41) is 3.45. The number of esters is 1. The highest BCUT2D eigenvalue weighted by Gasteiger charge is 2.24. The van der Waals surface area contributed by atoms with Gasteiger partial charge in [-0.1, -0.05) is 5.16 Å². The van der Waals surface area contributed by atoms with E-state index in [-0.39, 0.29) is 24.3 Å². The number of ether oxygens (including phenoxy) is 1. The molecule has 1 heterocycles. The van der Waals surface area contributed by atoms with Gasteiger partial charge >= 0.3 is 5.97 Å². The van der Waals surface area contributed by atoms with Gasteiger partial charge in [-0.15, -0.1) is 0 Å². The van der Waals surface area contributed by atoms with Crippen molar-refractivity contribution in [3.8, 4) is 0 Å². The van der Waals surface area contributed by atoms with E-state index < -0.39 is 5.97 Å². The number of hydrogen-bond donors (Lipinski definition) is 0. The Labute approximate surface area is 93.1 Å². The van der Waals surface area contributed by atoms with Crippen LogP contribution in [0.4, 0.5) is 0 Å². The van der Waals surface area contributed by atoms with Gasteiger partial charge < -0.3 is 14.2 Å². The van der Waals surface area contributed by atoms with Crippen molar-refractivity contribution in [3.05, 3.63) is 18.0 Å². The van der Waals surface area contributed by atoms with Gasteiger partial charge in [0, 0.05) is 12.1 Å². The molecule has 0 aliphatic rings. The Kier molecular flexibility index (Phi) is 4.04. The van der Waals surface area contributed by atoms with Crippen LogP contribution >= 0.6 is 0 Å². The number of aromatic nitrogens is 1. The maximum absolute atomic E-state index is 11.9. The fourth-order valence-electron chi connectivity index (χ4n) is 1.16. The second-order valence-electron chi connectivity index (χ2n) is 3.48. The molecule has 0 aliphatic heterocycles. The Morgan fingerprint density at radius 3 is 2.69 bits per heavy atom. The fourth-order valence-corrected chi connectivity index (χ4v) is 1.16. The van der Waals surface area contributed by atoms with E-state index in [4.69, 9.17) is 4.52 Å². The smallest absolute Gasteiger partial charge is 0.325 e.